The van der Waals surface area contributed by atoms with Gasteiger partial charge in [-0.15, -0.1) is 0 Å². The van der Waals surface area contributed by atoms with E-state index < -0.39 is 12.1 Å². The van der Waals surface area contributed by atoms with Crippen LogP contribution in [0.15, 0.2) is 0 Å². The van der Waals surface area contributed by atoms with Gasteiger partial charge in [0.25, 0.3) is 0 Å². The zero-order valence-electron chi connectivity index (χ0n) is 4.79. The van der Waals surface area contributed by atoms with E-state index in [1.165, 1.54) is 6.92 Å². The Labute approximate surface area is 55.1 Å². The van der Waals surface area contributed by atoms with Gasteiger partial charge in [-0.2, -0.15) is 0 Å². The first-order chi connectivity index (χ1) is 3.68. The van der Waals surface area contributed by atoms with E-state index in [4.69, 9.17) is 5.11 Å². The summed E-state index contributed by atoms with van der Waals surface area (Å²) in [7, 11) is 0. The monoisotopic (exact) mass is 179 g/mol. The molecule has 8 heavy (non-hydrogen) atoms. The van der Waals surface area contributed by atoms with Crippen LogP contribution in [0.3, 0.4) is 0 Å². The van der Waals surface area contributed by atoms with E-state index in [2.05, 4.69) is 3.73 Å². The second kappa shape index (κ2) is 3.93. The van der Waals surface area contributed by atoms with Crippen molar-refractivity contribution in [2.75, 3.05) is 0 Å². The summed E-state index contributed by atoms with van der Waals surface area (Å²) in [6, 6.07) is 0. The molecule has 1 N–H and O–H groups in total. The molecule has 1 radical (unpaired) electrons. The molecule has 1 unspecified atom stereocenters. The third-order valence-corrected chi connectivity index (χ3v) is 1.28. The molecule has 3 nitrogen and oxygen atoms in total. The standard InChI is InChI=1S/C4H8AsO3/c1-3(6)4(7)8-5-2/h3,6H,1-2H3. The van der Waals surface area contributed by atoms with E-state index in [-0.39, 0.29) is 16.1 Å². The summed E-state index contributed by atoms with van der Waals surface area (Å²) in [6.07, 6.45) is -0.967. The molecule has 0 heterocycles. The molecule has 47 valence electrons. The van der Waals surface area contributed by atoms with Crippen LogP contribution in [-0.4, -0.2) is 33.3 Å². The van der Waals surface area contributed by atoms with Gasteiger partial charge in [0.05, 0.1) is 0 Å². The van der Waals surface area contributed by atoms with Crippen LogP contribution in [0.1, 0.15) is 6.92 Å². The van der Waals surface area contributed by atoms with Crippen LogP contribution >= 0.6 is 0 Å². The predicted molar refractivity (Wildman–Crippen MR) is 29.4 cm³/mol. The first-order valence-corrected chi connectivity index (χ1v) is 4.80. The SMILES string of the molecule is C[As]OC(=O)C(C)O. The second-order valence-electron chi connectivity index (χ2n) is 1.27. The fourth-order valence-corrected chi connectivity index (χ4v) is 0.864. The van der Waals surface area contributed by atoms with E-state index >= 15 is 0 Å². The molecule has 0 aliphatic heterocycles. The van der Waals surface area contributed by atoms with Crippen molar-refractivity contribution in [3.05, 3.63) is 0 Å². The van der Waals surface area contributed by atoms with Gasteiger partial charge in [-0.3, -0.25) is 0 Å². The van der Waals surface area contributed by atoms with Crippen molar-refractivity contribution in [3.8, 4) is 0 Å². The minimum atomic E-state index is -0.967. The van der Waals surface area contributed by atoms with Gasteiger partial charge in [0, 0.05) is 0 Å². The van der Waals surface area contributed by atoms with Gasteiger partial charge in [-0.1, -0.05) is 0 Å². The van der Waals surface area contributed by atoms with Crippen molar-refractivity contribution in [3.63, 3.8) is 0 Å². The molecule has 0 saturated carbocycles. The van der Waals surface area contributed by atoms with Crippen LogP contribution in [0, 0.1) is 0 Å². The van der Waals surface area contributed by atoms with Gasteiger partial charge >= 0.3 is 54.4 Å². The molecule has 0 aromatic carbocycles. The van der Waals surface area contributed by atoms with Gasteiger partial charge < -0.3 is 0 Å². The van der Waals surface area contributed by atoms with E-state index in [9.17, 15) is 4.79 Å². The summed E-state index contributed by atoms with van der Waals surface area (Å²) in [5.74, 6) is -0.521. The quantitative estimate of drug-likeness (QED) is 0.585. The van der Waals surface area contributed by atoms with Crippen LogP contribution in [0.5, 0.6) is 0 Å². The molecule has 0 amide bonds. The fraction of sp³-hybridized carbons (Fsp3) is 0.750. The normalized spacial score (nSPS) is 14.4. The van der Waals surface area contributed by atoms with Crippen LogP contribution in [0.4, 0.5) is 0 Å². The molecule has 0 fully saturated rings. The first kappa shape index (κ1) is 7.99. The van der Waals surface area contributed by atoms with Gasteiger partial charge in [-0.25, -0.2) is 0 Å². The maximum atomic E-state index is 10.3. The second-order valence-corrected chi connectivity index (χ2v) is 2.42. The Bertz CT molecular complexity index is 81.4. The van der Waals surface area contributed by atoms with Gasteiger partial charge in [0.15, 0.2) is 0 Å². The Morgan fingerprint density at radius 1 is 1.88 bits per heavy atom. The summed E-state index contributed by atoms with van der Waals surface area (Å²) in [5, 5.41) is 8.49. The third-order valence-electron chi connectivity index (χ3n) is 0.522. The molecule has 1 atom stereocenters. The number of carbonyl (C=O) groups is 1. The van der Waals surface area contributed by atoms with Gasteiger partial charge in [0.1, 0.15) is 0 Å². The summed E-state index contributed by atoms with van der Waals surface area (Å²) < 4.78 is 4.51. The molecule has 0 aromatic heterocycles. The molecule has 0 aliphatic rings. The van der Waals surface area contributed by atoms with Crippen LogP contribution in [-0.2, 0) is 8.52 Å². The molecule has 0 aliphatic carbocycles. The van der Waals surface area contributed by atoms with Crippen LogP contribution in [0.25, 0.3) is 0 Å². The van der Waals surface area contributed by atoms with E-state index in [0.29, 0.717) is 0 Å². The predicted octanol–water partition coefficient (Wildman–Crippen LogP) is -0.422. The minimum absolute atomic E-state index is 0.358. The van der Waals surface area contributed by atoms with E-state index in [1.54, 1.807) is 5.71 Å². The third kappa shape index (κ3) is 3.05. The van der Waals surface area contributed by atoms with Crippen molar-refractivity contribution in [2.45, 2.75) is 18.7 Å². The number of hydrogen-bond donors (Lipinski definition) is 1. The summed E-state index contributed by atoms with van der Waals surface area (Å²) in [6.45, 7) is 1.39. The zero-order valence-corrected chi connectivity index (χ0v) is 6.66. The summed E-state index contributed by atoms with van der Waals surface area (Å²) >= 11 is -0.358. The number of aliphatic hydroxyl groups is 1. The van der Waals surface area contributed by atoms with Gasteiger partial charge in [0.2, 0.25) is 0 Å². The topological polar surface area (TPSA) is 46.5 Å². The Balaban J connectivity index is 3.33. The molecule has 0 bridgehead atoms. The van der Waals surface area contributed by atoms with Crippen molar-refractivity contribution in [1.29, 1.82) is 0 Å². The Kier molecular flexibility index (Phi) is 3.92. The zero-order chi connectivity index (χ0) is 6.57. The van der Waals surface area contributed by atoms with Crippen LogP contribution in [0.2, 0.25) is 5.71 Å². The summed E-state index contributed by atoms with van der Waals surface area (Å²) in [4.78, 5) is 10.3. The van der Waals surface area contributed by atoms with Crippen LogP contribution < -0.4 is 0 Å². The Morgan fingerprint density at radius 2 is 2.38 bits per heavy atom. The molecule has 4 heteroatoms. The van der Waals surface area contributed by atoms with Crippen molar-refractivity contribution in [1.82, 2.24) is 0 Å². The molecule has 0 aromatic rings. The average Bonchev–Trinajstić information content (AvgIpc) is 1.67. The Hall–Kier alpha value is -0.0116. The summed E-state index contributed by atoms with van der Waals surface area (Å²) in [5.41, 5.74) is 1.79. The molecule has 0 rings (SSSR count). The fourth-order valence-electron chi connectivity index (χ4n) is 0.166. The number of rotatable bonds is 2. The number of hydrogen-bond acceptors (Lipinski definition) is 3. The average molecular weight is 179 g/mol. The first-order valence-electron chi connectivity index (χ1n) is 2.16. The van der Waals surface area contributed by atoms with Crippen molar-refractivity contribution >= 4 is 22.1 Å². The molecule has 0 spiro atoms. The van der Waals surface area contributed by atoms with E-state index in [0.717, 1.165) is 0 Å². The van der Waals surface area contributed by atoms with Gasteiger partial charge in [-0.05, 0) is 0 Å². The van der Waals surface area contributed by atoms with Crippen molar-refractivity contribution < 1.29 is 13.6 Å². The molecule has 0 saturated heterocycles. The van der Waals surface area contributed by atoms with E-state index in [1.807, 2.05) is 0 Å². The Morgan fingerprint density at radius 3 is 2.50 bits per heavy atom. The number of carbonyl (C=O) groups excluding carboxylic acids is 1. The molecular formula is C4H8AsO3. The maximum absolute atomic E-state index is 10.3. The molecular weight excluding hydrogens is 171 g/mol. The van der Waals surface area contributed by atoms with Crippen molar-refractivity contribution in [2.24, 2.45) is 0 Å². The number of aliphatic hydroxyl groups excluding tert-OH is 1.